The Bertz CT molecular complexity index is 1350. The average molecular weight is 573 g/mol. The van der Waals surface area contributed by atoms with Crippen LogP contribution in [0.4, 0.5) is 0 Å². The van der Waals surface area contributed by atoms with E-state index in [1.807, 2.05) is 0 Å². The van der Waals surface area contributed by atoms with E-state index in [2.05, 4.69) is 75.9 Å². The van der Waals surface area contributed by atoms with E-state index in [0.29, 0.717) is 35.5 Å². The lowest BCUT2D eigenvalue weighted by Crippen LogP contribution is -2.50. The molecule has 5 heterocycles. The third-order valence-electron chi connectivity index (χ3n) is 11.0. The highest BCUT2D eigenvalue weighted by Crippen LogP contribution is 2.45. The minimum absolute atomic E-state index is 0.0742. The molecule has 4 aliphatic heterocycles. The van der Waals surface area contributed by atoms with Gasteiger partial charge in [-0.1, -0.05) is 53.6 Å². The van der Waals surface area contributed by atoms with E-state index >= 15 is 0 Å². The predicted octanol–water partition coefficient (Wildman–Crippen LogP) is 5.62. The summed E-state index contributed by atoms with van der Waals surface area (Å²) in [7, 11) is 0. The first-order chi connectivity index (χ1) is 20.0. The summed E-state index contributed by atoms with van der Waals surface area (Å²) in [5.41, 5.74) is 3.98. The molecule has 7 rings (SSSR count). The molecule has 0 spiro atoms. The van der Waals surface area contributed by atoms with Crippen LogP contribution in [0.1, 0.15) is 75.2 Å². The molecule has 4 saturated heterocycles. The second-order valence-electron chi connectivity index (χ2n) is 13.1. The van der Waals surface area contributed by atoms with E-state index in [-0.39, 0.29) is 11.3 Å². The van der Waals surface area contributed by atoms with Crippen LogP contribution in [-0.2, 0) is 21.4 Å². The zero-order valence-corrected chi connectivity index (χ0v) is 25.2. The lowest BCUT2D eigenvalue weighted by Gasteiger charge is -2.46. The lowest BCUT2D eigenvalue weighted by molar-refractivity contribution is -0.137. The van der Waals surface area contributed by atoms with E-state index in [1.165, 1.54) is 36.8 Å². The highest BCUT2D eigenvalue weighted by Gasteiger charge is 2.44. The average Bonchev–Trinajstić information content (AvgIpc) is 3.47. The Hall–Kier alpha value is -2.35. The van der Waals surface area contributed by atoms with Crippen LogP contribution in [0.25, 0.3) is 11.0 Å². The number of rotatable bonds is 6. The Kier molecular flexibility index (Phi) is 7.63. The summed E-state index contributed by atoms with van der Waals surface area (Å²) in [4.78, 5) is 23.2. The molecule has 41 heavy (non-hydrogen) atoms. The fourth-order valence-electron chi connectivity index (χ4n) is 8.72. The van der Waals surface area contributed by atoms with Crippen LogP contribution in [0.3, 0.4) is 0 Å². The van der Waals surface area contributed by atoms with E-state index in [9.17, 15) is 9.35 Å². The van der Waals surface area contributed by atoms with Crippen molar-refractivity contribution in [2.24, 2.45) is 5.92 Å². The molecule has 218 valence electrons. The molecule has 2 atom stereocenters. The molecule has 2 unspecified atom stereocenters. The highest BCUT2D eigenvalue weighted by atomic mass is 32.2. The van der Waals surface area contributed by atoms with Gasteiger partial charge in [-0.2, -0.15) is 0 Å². The SMILES string of the molecule is Cc1nc2ccccc2n1C1CC2CCC(C1)N2CCC1(c2ccccc2)CCN(C(=O)C2CC[S+]([O-])CC2)CC1. The number of imidazole rings is 1. The van der Waals surface area contributed by atoms with Crippen molar-refractivity contribution in [3.63, 3.8) is 0 Å². The van der Waals surface area contributed by atoms with E-state index in [4.69, 9.17) is 4.98 Å². The molecule has 1 amide bonds. The van der Waals surface area contributed by atoms with E-state index in [0.717, 1.165) is 63.1 Å². The van der Waals surface area contributed by atoms with Crippen LogP contribution in [-0.4, -0.2) is 73.0 Å². The van der Waals surface area contributed by atoms with Gasteiger partial charge in [-0.25, -0.2) is 4.98 Å². The standard InChI is InChI=1S/C34H44N4O2S/c1-25-35-31-9-5-6-10-32(31)38(25)30-23-28-11-12-29(24-30)37(28)20-17-34(27-7-3-2-4-8-27)15-18-36(19-16-34)33(39)26-13-21-41(40)22-14-26/h2-10,26,28-30H,11-24H2,1H3. The highest BCUT2D eigenvalue weighted by molar-refractivity contribution is 7.91. The Morgan fingerprint density at radius 2 is 1.59 bits per heavy atom. The summed E-state index contributed by atoms with van der Waals surface area (Å²) < 4.78 is 14.4. The lowest BCUT2D eigenvalue weighted by atomic mass is 9.70. The second-order valence-corrected chi connectivity index (χ2v) is 14.8. The van der Waals surface area contributed by atoms with Gasteiger partial charge >= 0.3 is 0 Å². The van der Waals surface area contributed by atoms with Crippen LogP contribution < -0.4 is 0 Å². The van der Waals surface area contributed by atoms with Crippen molar-refractivity contribution in [1.82, 2.24) is 19.4 Å². The number of hydrogen-bond acceptors (Lipinski definition) is 4. The van der Waals surface area contributed by atoms with Crippen molar-refractivity contribution < 1.29 is 9.35 Å². The number of aryl methyl sites for hydroxylation is 1. The summed E-state index contributed by atoms with van der Waals surface area (Å²) in [5, 5.41) is 0. The molecule has 3 aromatic rings. The molecule has 7 heteroatoms. The number of piperidine rings is 2. The van der Waals surface area contributed by atoms with Gasteiger partial charge in [-0.05, 0) is 81.5 Å². The second kappa shape index (κ2) is 11.4. The summed E-state index contributed by atoms with van der Waals surface area (Å²) in [6.45, 7) is 5.00. The maximum absolute atomic E-state index is 13.4. The van der Waals surface area contributed by atoms with Crippen molar-refractivity contribution in [1.29, 1.82) is 0 Å². The number of para-hydroxylation sites is 2. The molecule has 4 fully saturated rings. The number of carbonyl (C=O) groups excluding carboxylic acids is 1. The van der Waals surface area contributed by atoms with E-state index in [1.54, 1.807) is 0 Å². The Morgan fingerprint density at radius 3 is 2.29 bits per heavy atom. The Morgan fingerprint density at radius 1 is 0.927 bits per heavy atom. The molecule has 6 nitrogen and oxygen atoms in total. The van der Waals surface area contributed by atoms with Gasteiger partial charge in [0.15, 0.2) is 0 Å². The number of likely N-dealkylation sites (tertiary alicyclic amines) is 1. The quantitative estimate of drug-likeness (QED) is 0.360. The Labute approximate surface area is 247 Å². The van der Waals surface area contributed by atoms with Crippen LogP contribution in [0.2, 0.25) is 0 Å². The van der Waals surface area contributed by atoms with Crippen molar-refractivity contribution >= 4 is 28.1 Å². The van der Waals surface area contributed by atoms with Crippen molar-refractivity contribution in [3.05, 3.63) is 66.0 Å². The van der Waals surface area contributed by atoms with Crippen LogP contribution in [0.15, 0.2) is 54.6 Å². The molecule has 2 aromatic carbocycles. The third kappa shape index (κ3) is 5.23. The van der Waals surface area contributed by atoms with Gasteiger partial charge in [0, 0.05) is 50.0 Å². The number of aromatic nitrogens is 2. The summed E-state index contributed by atoms with van der Waals surface area (Å²) in [5.74, 6) is 2.91. The number of carbonyl (C=O) groups is 1. The van der Waals surface area contributed by atoms with Crippen molar-refractivity contribution in [2.75, 3.05) is 31.1 Å². The van der Waals surface area contributed by atoms with Crippen LogP contribution in [0.5, 0.6) is 0 Å². The number of fused-ring (bicyclic) bond motifs is 3. The molecule has 0 saturated carbocycles. The molecule has 1 aromatic heterocycles. The summed E-state index contributed by atoms with van der Waals surface area (Å²) in [6.07, 6.45) is 9.85. The monoisotopic (exact) mass is 572 g/mol. The number of amides is 1. The third-order valence-corrected chi connectivity index (χ3v) is 12.4. The van der Waals surface area contributed by atoms with Gasteiger partial charge in [0.05, 0.1) is 11.0 Å². The fraction of sp³-hybridized carbons (Fsp3) is 0.588. The topological polar surface area (TPSA) is 64.4 Å². The summed E-state index contributed by atoms with van der Waals surface area (Å²) >= 11 is -0.725. The molecule has 0 aliphatic carbocycles. The molecular formula is C34H44N4O2S. The normalized spacial score (nSPS) is 30.1. The fourth-order valence-corrected chi connectivity index (χ4v) is 10.0. The van der Waals surface area contributed by atoms with Crippen LogP contribution >= 0.6 is 0 Å². The minimum atomic E-state index is -0.725. The predicted molar refractivity (Wildman–Crippen MR) is 165 cm³/mol. The number of nitrogens with zero attached hydrogens (tertiary/aromatic N) is 4. The van der Waals surface area contributed by atoms with Gasteiger partial charge in [-0.15, -0.1) is 0 Å². The number of benzene rings is 2. The molecule has 0 N–H and O–H groups in total. The van der Waals surface area contributed by atoms with Crippen molar-refractivity contribution in [2.45, 2.75) is 88.3 Å². The molecule has 0 radical (unpaired) electrons. The molecule has 2 bridgehead atoms. The number of hydrogen-bond donors (Lipinski definition) is 0. The zero-order valence-electron chi connectivity index (χ0n) is 24.4. The van der Waals surface area contributed by atoms with Gasteiger partial charge in [0.25, 0.3) is 0 Å². The Balaban J connectivity index is 1.04. The van der Waals surface area contributed by atoms with Gasteiger partial charge in [-0.3, -0.25) is 9.69 Å². The maximum atomic E-state index is 13.4. The largest absolute Gasteiger partial charge is 0.616 e. The zero-order chi connectivity index (χ0) is 28.0. The van der Waals surface area contributed by atoms with Gasteiger partial charge in [0.1, 0.15) is 17.3 Å². The first-order valence-corrected chi connectivity index (χ1v) is 17.4. The van der Waals surface area contributed by atoms with Crippen LogP contribution in [0, 0.1) is 12.8 Å². The van der Waals surface area contributed by atoms with Gasteiger partial charge < -0.3 is 14.0 Å². The molecular weight excluding hydrogens is 528 g/mol. The first kappa shape index (κ1) is 27.5. The first-order valence-electron chi connectivity index (χ1n) is 15.9. The summed E-state index contributed by atoms with van der Waals surface area (Å²) in [6, 6.07) is 21.6. The van der Waals surface area contributed by atoms with Crippen molar-refractivity contribution in [3.8, 4) is 0 Å². The minimum Gasteiger partial charge on any atom is -0.616 e. The maximum Gasteiger partial charge on any atom is 0.226 e. The smallest absolute Gasteiger partial charge is 0.226 e. The van der Waals surface area contributed by atoms with E-state index < -0.39 is 11.2 Å². The van der Waals surface area contributed by atoms with Gasteiger partial charge in [0.2, 0.25) is 5.91 Å². The molecule has 4 aliphatic rings.